The third-order valence-electron chi connectivity index (χ3n) is 8.82. The Labute approximate surface area is 208 Å². The molecule has 8 rings (SSSR count). The fourth-order valence-electron chi connectivity index (χ4n) is 7.06. The van der Waals surface area contributed by atoms with Gasteiger partial charge in [0.25, 0.3) is 0 Å². The van der Waals surface area contributed by atoms with Crippen LogP contribution in [0, 0.1) is 48.3 Å². The van der Waals surface area contributed by atoms with Gasteiger partial charge >= 0.3 is 5.97 Å². The lowest BCUT2D eigenvalue weighted by Gasteiger charge is -2.37. The molecule has 2 bridgehead atoms. The zero-order chi connectivity index (χ0) is 24.7. The van der Waals surface area contributed by atoms with Gasteiger partial charge in [0, 0.05) is 24.7 Å². The Morgan fingerprint density at radius 2 is 1.61 bits per heavy atom. The Kier molecular flexibility index (Phi) is 4.56. The summed E-state index contributed by atoms with van der Waals surface area (Å²) in [5.74, 6) is -0.389. The second-order valence-electron chi connectivity index (χ2n) is 10.8. The largest absolute Gasteiger partial charge is 0.426 e. The summed E-state index contributed by atoms with van der Waals surface area (Å²) in [6.07, 6.45) is 5.50. The number of aryl methyl sites for hydroxylation is 1. The summed E-state index contributed by atoms with van der Waals surface area (Å²) in [6.45, 7) is 2.19. The number of imide groups is 1. The molecule has 4 fully saturated rings. The summed E-state index contributed by atoms with van der Waals surface area (Å²) >= 11 is 0. The Bertz CT molecular complexity index is 1330. The zero-order valence-electron chi connectivity index (χ0n) is 19.9. The maximum absolute atomic E-state index is 13.4. The monoisotopic (exact) mass is 482 g/mol. The van der Waals surface area contributed by atoms with Crippen LogP contribution < -0.4 is 14.5 Å². The quantitative estimate of drug-likeness (QED) is 0.288. The fraction of sp³-hybridized carbons (Fsp3) is 0.379. The molecule has 7 atom stereocenters. The predicted molar refractivity (Wildman–Crippen MR) is 131 cm³/mol. The number of para-hydroxylation sites is 1. The van der Waals surface area contributed by atoms with Gasteiger partial charge in [-0.1, -0.05) is 36.4 Å². The highest BCUT2D eigenvalue weighted by Gasteiger charge is 2.67. The topological polar surface area (TPSA) is 84.0 Å². The highest BCUT2D eigenvalue weighted by Crippen LogP contribution is 2.65. The summed E-state index contributed by atoms with van der Waals surface area (Å²) in [4.78, 5) is 55.3. The van der Waals surface area contributed by atoms with Gasteiger partial charge in [0.1, 0.15) is 5.75 Å². The van der Waals surface area contributed by atoms with Crippen LogP contribution in [0.1, 0.15) is 18.4 Å². The number of anilines is 2. The molecular weight excluding hydrogens is 456 g/mol. The standard InChI is InChI=1S/C29H26N2O5/c1-15-5-2-3-8-23(15)30-14-16(11-24(30)32)29(35)36-18-7-4-6-17(12-18)31-27(33)25-19-9-10-20(22-13-21(19)22)26(25)28(31)34/h2-10,12,16,19-22,25-26H,11,13-14H2,1H3/t16-,19+,20+,21-,22+,25-,26-/m1/s1. The second-order valence-corrected chi connectivity index (χ2v) is 10.8. The molecule has 7 nitrogen and oxygen atoms in total. The molecule has 2 heterocycles. The third-order valence-corrected chi connectivity index (χ3v) is 8.82. The molecule has 3 amide bonds. The lowest BCUT2D eigenvalue weighted by Crippen LogP contribution is -2.40. The van der Waals surface area contributed by atoms with Gasteiger partial charge in [0.15, 0.2) is 0 Å². The maximum Gasteiger partial charge on any atom is 0.316 e. The molecule has 182 valence electrons. The lowest BCUT2D eigenvalue weighted by atomic mass is 9.63. The van der Waals surface area contributed by atoms with Gasteiger partial charge in [0.2, 0.25) is 17.7 Å². The first-order valence-corrected chi connectivity index (χ1v) is 12.7. The average molecular weight is 483 g/mol. The number of ether oxygens (including phenoxy) is 1. The minimum Gasteiger partial charge on any atom is -0.426 e. The number of rotatable bonds is 4. The van der Waals surface area contributed by atoms with Crippen LogP contribution in [0.25, 0.3) is 0 Å². The minimum atomic E-state index is -0.591. The van der Waals surface area contributed by atoms with Crippen molar-refractivity contribution in [1.29, 1.82) is 0 Å². The normalized spacial score (nSPS) is 33.7. The molecule has 2 saturated heterocycles. The first-order chi connectivity index (χ1) is 17.4. The Balaban J connectivity index is 1.08. The van der Waals surface area contributed by atoms with E-state index >= 15 is 0 Å². The number of carbonyl (C=O) groups excluding carboxylic acids is 4. The summed E-state index contributed by atoms with van der Waals surface area (Å²) in [5.41, 5.74) is 2.20. The molecule has 0 N–H and O–H groups in total. The van der Waals surface area contributed by atoms with E-state index in [-0.39, 0.29) is 60.1 Å². The van der Waals surface area contributed by atoms with Crippen molar-refractivity contribution in [3.05, 3.63) is 66.2 Å². The van der Waals surface area contributed by atoms with Gasteiger partial charge < -0.3 is 9.64 Å². The lowest BCUT2D eigenvalue weighted by molar-refractivity contribution is -0.139. The fourth-order valence-corrected chi connectivity index (χ4v) is 7.06. The number of benzene rings is 2. The molecule has 6 aliphatic rings. The smallest absolute Gasteiger partial charge is 0.316 e. The summed E-state index contributed by atoms with van der Waals surface area (Å²) < 4.78 is 5.65. The number of hydrogen-bond acceptors (Lipinski definition) is 5. The van der Waals surface area contributed by atoms with E-state index in [0.717, 1.165) is 17.7 Å². The summed E-state index contributed by atoms with van der Waals surface area (Å²) in [7, 11) is 0. The number of hydrogen-bond donors (Lipinski definition) is 0. The first kappa shape index (κ1) is 21.5. The second kappa shape index (κ2) is 7.63. The summed E-state index contributed by atoms with van der Waals surface area (Å²) in [5, 5.41) is 0. The number of allylic oxidation sites excluding steroid dienone is 2. The van der Waals surface area contributed by atoms with Gasteiger partial charge in [-0.3, -0.25) is 19.2 Å². The molecule has 0 aromatic heterocycles. The number of amides is 3. The van der Waals surface area contributed by atoms with Crippen molar-refractivity contribution in [1.82, 2.24) is 0 Å². The van der Waals surface area contributed by atoms with Crippen molar-refractivity contribution in [2.75, 3.05) is 16.3 Å². The van der Waals surface area contributed by atoms with Crippen LogP contribution in [0.2, 0.25) is 0 Å². The first-order valence-electron chi connectivity index (χ1n) is 12.7. The van der Waals surface area contributed by atoms with Crippen molar-refractivity contribution in [3.63, 3.8) is 0 Å². The van der Waals surface area contributed by atoms with Crippen molar-refractivity contribution in [2.45, 2.75) is 19.8 Å². The Hall–Kier alpha value is -3.74. The van der Waals surface area contributed by atoms with Crippen LogP contribution in [-0.2, 0) is 19.2 Å². The van der Waals surface area contributed by atoms with E-state index < -0.39 is 11.9 Å². The number of carbonyl (C=O) groups is 4. The average Bonchev–Trinajstić information content (AvgIpc) is 3.55. The maximum atomic E-state index is 13.4. The molecule has 2 aliphatic heterocycles. The third kappa shape index (κ3) is 3.04. The highest BCUT2D eigenvalue weighted by molar-refractivity contribution is 6.22. The molecular formula is C29H26N2O5. The molecule has 2 aromatic rings. The van der Waals surface area contributed by atoms with Gasteiger partial charge in [-0.25, -0.2) is 4.90 Å². The van der Waals surface area contributed by atoms with Crippen molar-refractivity contribution < 1.29 is 23.9 Å². The van der Waals surface area contributed by atoms with Crippen LogP contribution in [0.3, 0.4) is 0 Å². The Morgan fingerprint density at radius 3 is 2.31 bits per heavy atom. The van der Waals surface area contributed by atoms with E-state index in [4.69, 9.17) is 4.74 Å². The highest BCUT2D eigenvalue weighted by atomic mass is 16.5. The van der Waals surface area contributed by atoms with Crippen LogP contribution in [0.15, 0.2) is 60.7 Å². The molecule has 36 heavy (non-hydrogen) atoms. The van der Waals surface area contributed by atoms with E-state index in [2.05, 4.69) is 12.2 Å². The van der Waals surface area contributed by atoms with E-state index in [0.29, 0.717) is 17.5 Å². The molecule has 7 heteroatoms. The molecule has 2 aromatic carbocycles. The van der Waals surface area contributed by atoms with Crippen LogP contribution in [0.4, 0.5) is 11.4 Å². The van der Waals surface area contributed by atoms with Crippen molar-refractivity contribution in [2.24, 2.45) is 41.4 Å². The van der Waals surface area contributed by atoms with Crippen LogP contribution >= 0.6 is 0 Å². The van der Waals surface area contributed by atoms with Gasteiger partial charge in [0.05, 0.1) is 23.4 Å². The van der Waals surface area contributed by atoms with Crippen LogP contribution in [-0.4, -0.2) is 30.2 Å². The summed E-state index contributed by atoms with van der Waals surface area (Å²) in [6, 6.07) is 14.2. The van der Waals surface area contributed by atoms with E-state index in [9.17, 15) is 19.2 Å². The van der Waals surface area contributed by atoms with E-state index in [1.807, 2.05) is 31.2 Å². The molecule has 2 saturated carbocycles. The molecule has 4 aliphatic carbocycles. The van der Waals surface area contributed by atoms with Crippen LogP contribution in [0.5, 0.6) is 5.75 Å². The number of esters is 1. The SMILES string of the molecule is Cc1ccccc1N1C[C@H](C(=O)Oc2cccc(N3C(=O)[C@@H]4[C@H]5C=C[C@@H]([C@@H]6C[C@H]56)[C@H]4C3=O)c2)CC1=O. The van der Waals surface area contributed by atoms with Crippen molar-refractivity contribution >= 4 is 35.1 Å². The molecule has 0 unspecified atom stereocenters. The molecule has 0 radical (unpaired) electrons. The van der Waals surface area contributed by atoms with Gasteiger partial charge in [-0.15, -0.1) is 0 Å². The molecule has 0 spiro atoms. The predicted octanol–water partition coefficient (Wildman–Crippen LogP) is 3.51. The van der Waals surface area contributed by atoms with E-state index in [1.54, 1.807) is 29.2 Å². The van der Waals surface area contributed by atoms with E-state index in [1.165, 1.54) is 4.90 Å². The number of nitrogens with zero attached hydrogens (tertiary/aromatic N) is 2. The minimum absolute atomic E-state index is 0.0808. The van der Waals surface area contributed by atoms with Gasteiger partial charge in [-0.2, -0.15) is 0 Å². The van der Waals surface area contributed by atoms with Gasteiger partial charge in [-0.05, 0) is 60.8 Å². The zero-order valence-corrected chi connectivity index (χ0v) is 19.9. The Morgan fingerprint density at radius 1 is 0.917 bits per heavy atom. The van der Waals surface area contributed by atoms with Crippen molar-refractivity contribution in [3.8, 4) is 5.75 Å².